The Balaban J connectivity index is 1.95. The third kappa shape index (κ3) is 4.00. The first-order valence-electron chi connectivity index (χ1n) is 9.56. The molecule has 1 N–H and O–H groups in total. The number of amides is 1. The van der Waals surface area contributed by atoms with Crippen LogP contribution in [-0.4, -0.2) is 24.7 Å². The summed E-state index contributed by atoms with van der Waals surface area (Å²) in [7, 11) is 3.16. The second-order valence-corrected chi connectivity index (χ2v) is 8.15. The Bertz CT molecular complexity index is 1100. The number of aryl methyl sites for hydroxylation is 2. The number of rotatable bonds is 7. The molecular weight excluding hydrogens is 388 g/mol. The molecule has 0 fully saturated rings. The highest BCUT2D eigenvalue weighted by Gasteiger charge is 2.22. The minimum atomic E-state index is -0.266. The van der Waals surface area contributed by atoms with E-state index in [-0.39, 0.29) is 17.5 Å². The smallest absolute Gasteiger partial charge is 0.260 e. The van der Waals surface area contributed by atoms with Crippen molar-refractivity contribution in [2.45, 2.75) is 39.8 Å². The lowest BCUT2D eigenvalue weighted by Crippen LogP contribution is -2.28. The van der Waals surface area contributed by atoms with Gasteiger partial charge in [0.15, 0.2) is 11.5 Å². The Morgan fingerprint density at radius 3 is 2.59 bits per heavy atom. The summed E-state index contributed by atoms with van der Waals surface area (Å²) in [6, 6.07) is 7.19. The molecule has 0 aliphatic heterocycles. The number of nitrogens with zero attached hydrogens (tertiary/aromatic N) is 1. The number of hydrogen-bond acceptors (Lipinski definition) is 5. The van der Waals surface area contributed by atoms with Crippen LogP contribution in [0.2, 0.25) is 0 Å². The lowest BCUT2D eigenvalue weighted by Gasteiger charge is -2.17. The molecule has 1 unspecified atom stereocenters. The van der Waals surface area contributed by atoms with Crippen molar-refractivity contribution in [1.29, 1.82) is 0 Å². The van der Waals surface area contributed by atoms with E-state index in [1.807, 2.05) is 45.0 Å². The number of nitrogens with one attached hydrogen (secondary N) is 1. The topological polar surface area (TPSA) is 69.6 Å². The monoisotopic (exact) mass is 414 g/mol. The number of ether oxygens (including phenoxy) is 2. The van der Waals surface area contributed by atoms with Gasteiger partial charge in [0.25, 0.3) is 11.5 Å². The van der Waals surface area contributed by atoms with E-state index in [1.54, 1.807) is 25.0 Å². The highest BCUT2D eigenvalue weighted by Crippen LogP contribution is 2.31. The molecule has 7 heteroatoms. The van der Waals surface area contributed by atoms with E-state index in [9.17, 15) is 9.59 Å². The number of benzene rings is 1. The van der Waals surface area contributed by atoms with Crippen LogP contribution in [-0.2, 0) is 6.54 Å². The Labute approximate surface area is 174 Å². The summed E-state index contributed by atoms with van der Waals surface area (Å²) < 4.78 is 13.1. The van der Waals surface area contributed by atoms with E-state index in [4.69, 9.17) is 9.47 Å². The van der Waals surface area contributed by atoms with Crippen LogP contribution >= 0.6 is 11.3 Å². The normalized spacial score (nSPS) is 12.0. The first-order valence-corrected chi connectivity index (χ1v) is 10.4. The average molecular weight is 415 g/mol. The fraction of sp³-hybridized carbons (Fsp3) is 0.364. The van der Waals surface area contributed by atoms with E-state index in [1.165, 1.54) is 11.3 Å². The molecule has 3 rings (SSSR count). The maximum absolute atomic E-state index is 13.1. The number of hydrogen-bond donors (Lipinski definition) is 1. The molecule has 154 valence electrons. The molecule has 29 heavy (non-hydrogen) atoms. The molecular formula is C22H26N2O4S. The van der Waals surface area contributed by atoms with Gasteiger partial charge in [0.1, 0.15) is 0 Å². The van der Waals surface area contributed by atoms with Crippen molar-refractivity contribution in [1.82, 2.24) is 9.88 Å². The van der Waals surface area contributed by atoms with Gasteiger partial charge in [-0.25, -0.2) is 0 Å². The van der Waals surface area contributed by atoms with Gasteiger partial charge in [-0.05, 0) is 44.0 Å². The van der Waals surface area contributed by atoms with Crippen molar-refractivity contribution < 1.29 is 14.3 Å². The first-order chi connectivity index (χ1) is 13.9. The van der Waals surface area contributed by atoms with Crippen molar-refractivity contribution in [3.8, 4) is 11.5 Å². The largest absolute Gasteiger partial charge is 0.493 e. The zero-order chi connectivity index (χ0) is 21.1. The lowest BCUT2D eigenvalue weighted by molar-refractivity contribution is 0.0941. The van der Waals surface area contributed by atoms with E-state index < -0.39 is 0 Å². The SMILES string of the molecule is CCCn1ccc2sc(C)c(C(=O)NC(C)c3ccc(OC)c(OC)c3)c2c1=O. The van der Waals surface area contributed by atoms with Crippen LogP contribution in [0.3, 0.4) is 0 Å². The molecule has 2 heterocycles. The van der Waals surface area contributed by atoms with Gasteiger partial charge in [-0.3, -0.25) is 9.59 Å². The fourth-order valence-corrected chi connectivity index (χ4v) is 4.48. The van der Waals surface area contributed by atoms with Crippen LogP contribution in [0.1, 0.15) is 47.1 Å². The predicted octanol–water partition coefficient (Wildman–Crippen LogP) is 4.29. The number of thiophene rings is 1. The van der Waals surface area contributed by atoms with E-state index in [2.05, 4.69) is 5.32 Å². The lowest BCUT2D eigenvalue weighted by atomic mass is 10.1. The van der Waals surface area contributed by atoms with Crippen LogP contribution < -0.4 is 20.3 Å². The van der Waals surface area contributed by atoms with Gasteiger partial charge in [-0.2, -0.15) is 0 Å². The summed E-state index contributed by atoms with van der Waals surface area (Å²) in [5.74, 6) is 0.985. The maximum Gasteiger partial charge on any atom is 0.260 e. The molecule has 1 atom stereocenters. The molecule has 6 nitrogen and oxygen atoms in total. The average Bonchev–Trinajstić information content (AvgIpc) is 3.06. The summed E-state index contributed by atoms with van der Waals surface area (Å²) in [6.07, 6.45) is 2.66. The summed E-state index contributed by atoms with van der Waals surface area (Å²) in [5.41, 5.74) is 1.24. The van der Waals surface area contributed by atoms with Crippen molar-refractivity contribution in [2.24, 2.45) is 0 Å². The van der Waals surface area contributed by atoms with Gasteiger partial charge in [0.2, 0.25) is 0 Å². The molecule has 0 aliphatic carbocycles. The number of carbonyl (C=O) groups is 1. The highest BCUT2D eigenvalue weighted by atomic mass is 32.1. The standard InChI is InChI=1S/C22H26N2O4S/c1-6-10-24-11-9-18-20(22(24)26)19(14(3)29-18)21(25)23-13(2)15-7-8-16(27-4)17(12-15)28-5/h7-9,11-13H,6,10H2,1-5H3,(H,23,25). The summed E-state index contributed by atoms with van der Waals surface area (Å²) in [5, 5.41) is 3.52. The minimum absolute atomic E-state index is 0.113. The third-order valence-corrected chi connectivity index (χ3v) is 6.01. The third-order valence-electron chi connectivity index (χ3n) is 4.94. The molecule has 1 amide bonds. The summed E-state index contributed by atoms with van der Waals surface area (Å²) >= 11 is 1.47. The second kappa shape index (κ2) is 8.69. The number of carbonyl (C=O) groups excluding carboxylic acids is 1. The van der Waals surface area contributed by atoms with Gasteiger partial charge in [-0.1, -0.05) is 13.0 Å². The summed E-state index contributed by atoms with van der Waals surface area (Å²) in [4.78, 5) is 26.9. The van der Waals surface area contributed by atoms with Crippen LogP contribution in [0.15, 0.2) is 35.3 Å². The second-order valence-electron chi connectivity index (χ2n) is 6.90. The van der Waals surface area contributed by atoms with Gasteiger partial charge in [0, 0.05) is 22.3 Å². The van der Waals surface area contributed by atoms with Gasteiger partial charge >= 0.3 is 0 Å². The van der Waals surface area contributed by atoms with Crippen LogP contribution in [0.25, 0.3) is 10.1 Å². The van der Waals surface area contributed by atoms with Gasteiger partial charge in [-0.15, -0.1) is 11.3 Å². The molecule has 0 aliphatic rings. The molecule has 0 spiro atoms. The molecule has 2 aromatic heterocycles. The zero-order valence-corrected chi connectivity index (χ0v) is 18.2. The molecule has 3 aromatic rings. The Morgan fingerprint density at radius 2 is 1.93 bits per heavy atom. The number of pyridine rings is 1. The predicted molar refractivity (Wildman–Crippen MR) is 117 cm³/mol. The van der Waals surface area contributed by atoms with Crippen molar-refractivity contribution in [3.63, 3.8) is 0 Å². The maximum atomic E-state index is 13.1. The van der Waals surface area contributed by atoms with E-state index >= 15 is 0 Å². The fourth-order valence-electron chi connectivity index (χ4n) is 3.43. The number of fused-ring (bicyclic) bond motifs is 1. The quantitative estimate of drug-likeness (QED) is 0.626. The summed E-state index contributed by atoms with van der Waals surface area (Å²) in [6.45, 7) is 6.43. The highest BCUT2D eigenvalue weighted by molar-refractivity contribution is 7.19. The molecule has 0 bridgehead atoms. The minimum Gasteiger partial charge on any atom is -0.493 e. The molecule has 0 radical (unpaired) electrons. The van der Waals surface area contributed by atoms with Crippen LogP contribution in [0.4, 0.5) is 0 Å². The molecule has 1 aromatic carbocycles. The first kappa shape index (κ1) is 20.9. The van der Waals surface area contributed by atoms with Crippen molar-refractivity contribution in [3.05, 3.63) is 56.8 Å². The van der Waals surface area contributed by atoms with Crippen LogP contribution in [0, 0.1) is 6.92 Å². The van der Waals surface area contributed by atoms with Crippen molar-refractivity contribution in [2.75, 3.05) is 14.2 Å². The Morgan fingerprint density at radius 1 is 1.21 bits per heavy atom. The van der Waals surface area contributed by atoms with Crippen LogP contribution in [0.5, 0.6) is 11.5 Å². The number of aromatic nitrogens is 1. The Kier molecular flexibility index (Phi) is 6.27. The Hall–Kier alpha value is -2.80. The van der Waals surface area contributed by atoms with Gasteiger partial charge in [0.05, 0.1) is 31.2 Å². The zero-order valence-electron chi connectivity index (χ0n) is 17.4. The van der Waals surface area contributed by atoms with Crippen molar-refractivity contribution >= 4 is 27.3 Å². The van der Waals surface area contributed by atoms with Gasteiger partial charge < -0.3 is 19.4 Å². The van der Waals surface area contributed by atoms with E-state index in [0.29, 0.717) is 29.0 Å². The number of methoxy groups -OCH3 is 2. The molecule has 0 saturated heterocycles. The van der Waals surface area contributed by atoms with E-state index in [0.717, 1.165) is 21.6 Å². The molecule has 0 saturated carbocycles.